The molecule has 6 nitrogen and oxygen atoms in total. The van der Waals surface area contributed by atoms with Gasteiger partial charge in [-0.05, 0) is 30.9 Å². The third-order valence-electron chi connectivity index (χ3n) is 5.19. The Hall–Kier alpha value is -2.65. The van der Waals surface area contributed by atoms with Gasteiger partial charge in [0.1, 0.15) is 17.4 Å². The number of nitrogens with zero attached hydrogens (tertiary/aromatic N) is 4. The minimum absolute atomic E-state index is 0.314. The lowest BCUT2D eigenvalue weighted by molar-refractivity contribution is -0.0780. The first-order valence-corrected chi connectivity index (χ1v) is 8.54. The van der Waals surface area contributed by atoms with E-state index in [9.17, 15) is 5.26 Å². The maximum absolute atomic E-state index is 9.27. The van der Waals surface area contributed by atoms with Gasteiger partial charge in [0, 0.05) is 31.0 Å². The van der Waals surface area contributed by atoms with Gasteiger partial charge in [-0.1, -0.05) is 12.1 Å². The molecule has 2 aliphatic rings. The van der Waals surface area contributed by atoms with Crippen LogP contribution in [-0.2, 0) is 16.8 Å². The Balaban J connectivity index is 1.64. The zero-order valence-electron chi connectivity index (χ0n) is 14.2. The third-order valence-corrected chi connectivity index (χ3v) is 5.19. The standard InChI is InChI=1S/C19H20N4O2/c1-24-16-4-2-3-14-5-12-25-19(17(14)16)6-10-23(11-7-19)18-15(13-20)21-8-9-22-18/h2-4,8-9H,5-7,10-12H2,1H3. The van der Waals surface area contributed by atoms with E-state index in [0.29, 0.717) is 11.5 Å². The molecule has 0 saturated carbocycles. The van der Waals surface area contributed by atoms with Crippen molar-refractivity contribution in [2.45, 2.75) is 24.9 Å². The van der Waals surface area contributed by atoms with Crippen molar-refractivity contribution in [2.24, 2.45) is 0 Å². The number of aromatic nitrogens is 2. The van der Waals surface area contributed by atoms with Crippen LogP contribution in [0.25, 0.3) is 0 Å². The molecule has 2 aliphatic heterocycles. The summed E-state index contributed by atoms with van der Waals surface area (Å²) >= 11 is 0. The van der Waals surface area contributed by atoms with E-state index in [0.717, 1.165) is 44.7 Å². The van der Waals surface area contributed by atoms with E-state index in [1.54, 1.807) is 19.5 Å². The van der Waals surface area contributed by atoms with E-state index in [2.05, 4.69) is 27.0 Å². The van der Waals surface area contributed by atoms with E-state index >= 15 is 0 Å². The Morgan fingerprint density at radius 2 is 2.04 bits per heavy atom. The van der Waals surface area contributed by atoms with Crippen LogP contribution < -0.4 is 9.64 Å². The highest BCUT2D eigenvalue weighted by molar-refractivity contribution is 5.51. The minimum Gasteiger partial charge on any atom is -0.496 e. The third kappa shape index (κ3) is 2.61. The van der Waals surface area contributed by atoms with Gasteiger partial charge in [0.15, 0.2) is 11.5 Å². The van der Waals surface area contributed by atoms with E-state index in [1.807, 2.05) is 12.1 Å². The number of hydrogen-bond acceptors (Lipinski definition) is 6. The van der Waals surface area contributed by atoms with Gasteiger partial charge in [-0.2, -0.15) is 5.26 Å². The van der Waals surface area contributed by atoms with Crippen molar-refractivity contribution in [2.75, 3.05) is 31.7 Å². The molecule has 25 heavy (non-hydrogen) atoms. The Kier molecular flexibility index (Phi) is 4.02. The van der Waals surface area contributed by atoms with Gasteiger partial charge in [0.2, 0.25) is 0 Å². The van der Waals surface area contributed by atoms with Crippen LogP contribution in [0.3, 0.4) is 0 Å². The number of fused-ring (bicyclic) bond motifs is 2. The summed E-state index contributed by atoms with van der Waals surface area (Å²) in [6.07, 6.45) is 5.78. The average molecular weight is 336 g/mol. The van der Waals surface area contributed by atoms with Gasteiger partial charge >= 0.3 is 0 Å². The summed E-state index contributed by atoms with van der Waals surface area (Å²) in [5, 5.41) is 9.27. The predicted molar refractivity (Wildman–Crippen MR) is 92.5 cm³/mol. The molecule has 0 bridgehead atoms. The van der Waals surface area contributed by atoms with Gasteiger partial charge in [-0.3, -0.25) is 0 Å². The van der Waals surface area contributed by atoms with Crippen molar-refractivity contribution in [1.82, 2.24) is 9.97 Å². The molecule has 0 N–H and O–H groups in total. The average Bonchev–Trinajstić information content (AvgIpc) is 2.68. The summed E-state index contributed by atoms with van der Waals surface area (Å²) in [7, 11) is 1.71. The second kappa shape index (κ2) is 6.34. The Bertz CT molecular complexity index is 808. The van der Waals surface area contributed by atoms with Crippen LogP contribution in [0.4, 0.5) is 5.82 Å². The monoisotopic (exact) mass is 336 g/mol. The lowest BCUT2D eigenvalue weighted by Gasteiger charge is -2.45. The molecule has 1 aromatic carbocycles. The van der Waals surface area contributed by atoms with Crippen molar-refractivity contribution in [3.8, 4) is 11.8 Å². The molecule has 0 radical (unpaired) electrons. The largest absolute Gasteiger partial charge is 0.496 e. The maximum Gasteiger partial charge on any atom is 0.183 e. The lowest BCUT2D eigenvalue weighted by atomic mass is 9.78. The van der Waals surface area contributed by atoms with Gasteiger partial charge in [0.25, 0.3) is 0 Å². The number of benzene rings is 1. The van der Waals surface area contributed by atoms with Crippen molar-refractivity contribution in [3.63, 3.8) is 0 Å². The summed E-state index contributed by atoms with van der Waals surface area (Å²) in [5.41, 5.74) is 2.58. The van der Waals surface area contributed by atoms with Gasteiger partial charge in [-0.25, -0.2) is 9.97 Å². The molecule has 0 atom stereocenters. The fourth-order valence-electron chi connectivity index (χ4n) is 4.02. The topological polar surface area (TPSA) is 71.3 Å². The molecule has 0 unspecified atom stereocenters. The number of piperidine rings is 1. The van der Waals surface area contributed by atoms with Crippen LogP contribution in [0.1, 0.15) is 29.7 Å². The Morgan fingerprint density at radius 3 is 2.80 bits per heavy atom. The fourth-order valence-corrected chi connectivity index (χ4v) is 4.02. The van der Waals surface area contributed by atoms with Crippen molar-refractivity contribution in [3.05, 3.63) is 47.4 Å². The van der Waals surface area contributed by atoms with Crippen molar-refractivity contribution < 1.29 is 9.47 Å². The van der Waals surface area contributed by atoms with Gasteiger partial charge in [-0.15, -0.1) is 0 Å². The summed E-state index contributed by atoms with van der Waals surface area (Å²) < 4.78 is 11.9. The second-order valence-corrected chi connectivity index (χ2v) is 6.41. The molecular weight excluding hydrogens is 316 g/mol. The van der Waals surface area contributed by atoms with Crippen molar-refractivity contribution >= 4 is 5.82 Å². The molecule has 3 heterocycles. The smallest absolute Gasteiger partial charge is 0.183 e. The molecule has 1 fully saturated rings. The molecule has 2 aromatic rings. The van der Waals surface area contributed by atoms with Crippen LogP contribution in [-0.4, -0.2) is 36.8 Å². The molecule has 0 aliphatic carbocycles. The minimum atomic E-state index is -0.314. The summed E-state index contributed by atoms with van der Waals surface area (Å²) in [4.78, 5) is 10.6. The molecule has 6 heteroatoms. The number of rotatable bonds is 2. The molecule has 1 spiro atoms. The summed E-state index contributed by atoms with van der Waals surface area (Å²) in [5.74, 6) is 1.57. The van der Waals surface area contributed by atoms with Crippen molar-refractivity contribution in [1.29, 1.82) is 5.26 Å². The molecule has 128 valence electrons. The van der Waals surface area contributed by atoms with Gasteiger partial charge in [0.05, 0.1) is 13.7 Å². The number of hydrogen-bond donors (Lipinski definition) is 0. The number of ether oxygens (including phenoxy) is 2. The first kappa shape index (κ1) is 15.9. The van der Waals surface area contributed by atoms with Crippen LogP contribution >= 0.6 is 0 Å². The summed E-state index contributed by atoms with van der Waals surface area (Å²) in [6.45, 7) is 2.27. The summed E-state index contributed by atoms with van der Waals surface area (Å²) in [6, 6.07) is 8.36. The highest BCUT2D eigenvalue weighted by Crippen LogP contribution is 2.46. The fraction of sp³-hybridized carbons (Fsp3) is 0.421. The number of anilines is 1. The molecule has 0 amide bonds. The quantitative estimate of drug-likeness (QED) is 0.839. The van der Waals surface area contributed by atoms with Crippen LogP contribution in [0.5, 0.6) is 5.75 Å². The predicted octanol–water partition coefficient (Wildman–Crippen LogP) is 2.43. The highest BCUT2D eigenvalue weighted by Gasteiger charge is 2.43. The molecule has 1 saturated heterocycles. The van der Waals surface area contributed by atoms with E-state index in [-0.39, 0.29) is 5.60 Å². The molecular formula is C19H20N4O2. The second-order valence-electron chi connectivity index (χ2n) is 6.41. The Morgan fingerprint density at radius 1 is 1.24 bits per heavy atom. The zero-order valence-corrected chi connectivity index (χ0v) is 14.2. The molecule has 4 rings (SSSR count). The number of nitriles is 1. The SMILES string of the molecule is COc1cccc2c1C1(CCN(c3nccnc3C#N)CC1)OCC2. The highest BCUT2D eigenvalue weighted by atomic mass is 16.5. The maximum atomic E-state index is 9.27. The Labute approximate surface area is 147 Å². The van der Waals surface area contributed by atoms with Crippen LogP contribution in [0, 0.1) is 11.3 Å². The lowest BCUT2D eigenvalue weighted by Crippen LogP contribution is -2.47. The van der Waals surface area contributed by atoms with Crippen LogP contribution in [0.2, 0.25) is 0 Å². The van der Waals surface area contributed by atoms with E-state index in [4.69, 9.17) is 9.47 Å². The number of methoxy groups -OCH3 is 1. The van der Waals surface area contributed by atoms with Gasteiger partial charge < -0.3 is 14.4 Å². The normalized spacial score (nSPS) is 18.5. The van der Waals surface area contributed by atoms with E-state index in [1.165, 1.54) is 11.1 Å². The first-order chi connectivity index (χ1) is 12.3. The molecule has 1 aromatic heterocycles. The van der Waals surface area contributed by atoms with Crippen LogP contribution in [0.15, 0.2) is 30.6 Å². The first-order valence-electron chi connectivity index (χ1n) is 8.54. The zero-order chi connectivity index (χ0) is 17.3. The van der Waals surface area contributed by atoms with E-state index < -0.39 is 0 Å².